The molecule has 0 atom stereocenters. The van der Waals surface area contributed by atoms with Crippen LogP contribution in [0.25, 0.3) is 0 Å². The van der Waals surface area contributed by atoms with Crippen LogP contribution in [0.1, 0.15) is 16.8 Å². The SMILES string of the molecule is COCCCN(C)C(=O)c1cccc(N)c1[N+](=O)[O-]. The Morgan fingerprint density at radius 2 is 2.21 bits per heavy atom. The highest BCUT2D eigenvalue weighted by atomic mass is 16.6. The molecule has 0 unspecified atom stereocenters. The number of ether oxygens (including phenoxy) is 1. The Labute approximate surface area is 111 Å². The molecule has 104 valence electrons. The lowest BCUT2D eigenvalue weighted by molar-refractivity contribution is -0.384. The van der Waals surface area contributed by atoms with Gasteiger partial charge in [-0.1, -0.05) is 6.07 Å². The van der Waals surface area contributed by atoms with Crippen molar-refractivity contribution in [3.63, 3.8) is 0 Å². The molecular formula is C12H17N3O4. The Morgan fingerprint density at radius 1 is 1.53 bits per heavy atom. The molecule has 0 saturated carbocycles. The van der Waals surface area contributed by atoms with Crippen LogP contribution in [-0.2, 0) is 4.74 Å². The molecule has 0 aliphatic heterocycles. The minimum absolute atomic E-state index is 0.00455. The van der Waals surface area contributed by atoms with Crippen LogP contribution in [0.4, 0.5) is 11.4 Å². The van der Waals surface area contributed by atoms with Gasteiger partial charge in [0.1, 0.15) is 11.3 Å². The van der Waals surface area contributed by atoms with Gasteiger partial charge in [-0.25, -0.2) is 0 Å². The molecular weight excluding hydrogens is 250 g/mol. The highest BCUT2D eigenvalue weighted by Crippen LogP contribution is 2.26. The standard InChI is InChI=1S/C12H17N3O4/c1-14(7-4-8-19-2)12(16)9-5-3-6-10(13)11(9)15(17)18/h3,5-6H,4,7-8,13H2,1-2H3. The number of hydrogen-bond acceptors (Lipinski definition) is 5. The van der Waals surface area contributed by atoms with Gasteiger partial charge in [-0.3, -0.25) is 14.9 Å². The van der Waals surface area contributed by atoms with Crippen molar-refractivity contribution in [3.05, 3.63) is 33.9 Å². The number of rotatable bonds is 6. The number of benzene rings is 1. The summed E-state index contributed by atoms with van der Waals surface area (Å²) in [5.41, 5.74) is 5.20. The quantitative estimate of drug-likeness (QED) is 0.362. The number of anilines is 1. The van der Waals surface area contributed by atoms with Crippen molar-refractivity contribution in [3.8, 4) is 0 Å². The predicted molar refractivity (Wildman–Crippen MR) is 71.0 cm³/mol. The molecule has 1 aromatic rings. The van der Waals surface area contributed by atoms with E-state index in [1.807, 2.05) is 0 Å². The van der Waals surface area contributed by atoms with E-state index in [1.54, 1.807) is 14.2 Å². The molecule has 0 spiro atoms. The van der Waals surface area contributed by atoms with Gasteiger partial charge in [0.2, 0.25) is 0 Å². The molecule has 0 radical (unpaired) electrons. The van der Waals surface area contributed by atoms with E-state index in [1.165, 1.54) is 23.1 Å². The smallest absolute Gasteiger partial charge is 0.304 e. The Morgan fingerprint density at radius 3 is 2.79 bits per heavy atom. The van der Waals surface area contributed by atoms with Crippen molar-refractivity contribution >= 4 is 17.3 Å². The summed E-state index contributed by atoms with van der Waals surface area (Å²) >= 11 is 0. The molecule has 7 heteroatoms. The average molecular weight is 267 g/mol. The molecule has 2 N–H and O–H groups in total. The molecule has 1 amide bonds. The Kier molecular flexibility index (Phi) is 5.25. The molecule has 19 heavy (non-hydrogen) atoms. The molecule has 0 fully saturated rings. The Bertz CT molecular complexity index is 476. The topological polar surface area (TPSA) is 98.7 Å². The summed E-state index contributed by atoms with van der Waals surface area (Å²) in [5.74, 6) is -0.421. The first-order chi connectivity index (χ1) is 8.99. The zero-order valence-corrected chi connectivity index (χ0v) is 11.0. The lowest BCUT2D eigenvalue weighted by Crippen LogP contribution is -2.29. The fourth-order valence-corrected chi connectivity index (χ4v) is 1.69. The number of methoxy groups -OCH3 is 1. The molecule has 1 rings (SSSR count). The monoisotopic (exact) mass is 267 g/mol. The molecule has 0 heterocycles. The van der Waals surface area contributed by atoms with Crippen molar-refractivity contribution in [1.29, 1.82) is 0 Å². The summed E-state index contributed by atoms with van der Waals surface area (Å²) < 4.78 is 4.89. The number of carbonyl (C=O) groups is 1. The van der Waals surface area contributed by atoms with Gasteiger partial charge in [0.25, 0.3) is 5.91 Å². The maximum Gasteiger partial charge on any atom is 0.304 e. The van der Waals surface area contributed by atoms with Crippen LogP contribution in [0.2, 0.25) is 0 Å². The minimum Gasteiger partial charge on any atom is -0.393 e. The number of nitro benzene ring substituents is 1. The second kappa shape index (κ2) is 6.69. The molecule has 0 saturated heterocycles. The van der Waals surface area contributed by atoms with Gasteiger partial charge in [0.05, 0.1) is 4.92 Å². The lowest BCUT2D eigenvalue weighted by Gasteiger charge is -2.17. The van der Waals surface area contributed by atoms with Gasteiger partial charge < -0.3 is 15.4 Å². The number of hydrogen-bond donors (Lipinski definition) is 1. The van der Waals surface area contributed by atoms with Gasteiger partial charge in [0.15, 0.2) is 0 Å². The van der Waals surface area contributed by atoms with E-state index in [0.29, 0.717) is 19.6 Å². The fraction of sp³-hybridized carbons (Fsp3) is 0.417. The second-order valence-corrected chi connectivity index (χ2v) is 4.07. The van der Waals surface area contributed by atoms with Crippen LogP contribution >= 0.6 is 0 Å². The third-order valence-corrected chi connectivity index (χ3v) is 2.67. The van der Waals surface area contributed by atoms with Crippen molar-refractivity contribution in [2.75, 3.05) is 33.0 Å². The Balaban J connectivity index is 2.93. The second-order valence-electron chi connectivity index (χ2n) is 4.07. The van der Waals surface area contributed by atoms with Gasteiger partial charge >= 0.3 is 5.69 Å². The maximum atomic E-state index is 12.1. The van der Waals surface area contributed by atoms with E-state index in [9.17, 15) is 14.9 Å². The highest BCUT2D eigenvalue weighted by molar-refractivity contribution is 6.00. The van der Waals surface area contributed by atoms with Crippen LogP contribution < -0.4 is 5.73 Å². The van der Waals surface area contributed by atoms with Crippen LogP contribution in [0.15, 0.2) is 18.2 Å². The van der Waals surface area contributed by atoms with Gasteiger partial charge in [0, 0.05) is 27.3 Å². The molecule has 0 aliphatic carbocycles. The Hall–Kier alpha value is -2.15. The first-order valence-electron chi connectivity index (χ1n) is 5.76. The number of carbonyl (C=O) groups excluding carboxylic acids is 1. The molecule has 0 aliphatic rings. The predicted octanol–water partition coefficient (Wildman–Crippen LogP) is 1.29. The van der Waals surface area contributed by atoms with Gasteiger partial charge in [-0.2, -0.15) is 0 Å². The number of nitrogens with two attached hydrogens (primary N) is 1. The fourth-order valence-electron chi connectivity index (χ4n) is 1.69. The molecule has 1 aromatic carbocycles. The number of nitrogen functional groups attached to an aromatic ring is 1. The van der Waals surface area contributed by atoms with Crippen LogP contribution in [0, 0.1) is 10.1 Å². The van der Waals surface area contributed by atoms with E-state index >= 15 is 0 Å². The van der Waals surface area contributed by atoms with E-state index in [0.717, 1.165) is 0 Å². The first-order valence-corrected chi connectivity index (χ1v) is 5.76. The van der Waals surface area contributed by atoms with E-state index < -0.39 is 10.8 Å². The number of amides is 1. The van der Waals surface area contributed by atoms with Gasteiger partial charge in [-0.15, -0.1) is 0 Å². The van der Waals surface area contributed by atoms with Crippen molar-refractivity contribution in [2.24, 2.45) is 0 Å². The zero-order valence-electron chi connectivity index (χ0n) is 11.0. The normalized spacial score (nSPS) is 10.2. The number of nitrogens with zero attached hydrogens (tertiary/aromatic N) is 2. The zero-order chi connectivity index (χ0) is 14.4. The van der Waals surface area contributed by atoms with E-state index in [4.69, 9.17) is 10.5 Å². The first kappa shape index (κ1) is 14.9. The summed E-state index contributed by atoms with van der Waals surface area (Å²) in [6.07, 6.45) is 0.662. The number of nitro groups is 1. The highest BCUT2D eigenvalue weighted by Gasteiger charge is 2.25. The molecule has 0 aromatic heterocycles. The van der Waals surface area contributed by atoms with Crippen molar-refractivity contribution in [1.82, 2.24) is 4.90 Å². The van der Waals surface area contributed by atoms with E-state index in [-0.39, 0.29) is 16.9 Å². The maximum absolute atomic E-state index is 12.1. The largest absolute Gasteiger partial charge is 0.393 e. The summed E-state index contributed by atoms with van der Waals surface area (Å²) in [6, 6.07) is 4.34. The number of para-hydroxylation sites is 1. The summed E-state index contributed by atoms with van der Waals surface area (Å²) in [5, 5.41) is 11.0. The molecule has 0 bridgehead atoms. The average Bonchev–Trinajstić information content (AvgIpc) is 2.37. The van der Waals surface area contributed by atoms with E-state index in [2.05, 4.69) is 0 Å². The lowest BCUT2D eigenvalue weighted by atomic mass is 10.1. The van der Waals surface area contributed by atoms with Crippen LogP contribution in [0.5, 0.6) is 0 Å². The third-order valence-electron chi connectivity index (χ3n) is 2.67. The van der Waals surface area contributed by atoms with Crippen LogP contribution in [0.3, 0.4) is 0 Å². The third kappa shape index (κ3) is 3.65. The van der Waals surface area contributed by atoms with Gasteiger partial charge in [-0.05, 0) is 18.6 Å². The summed E-state index contributed by atoms with van der Waals surface area (Å²) in [4.78, 5) is 23.9. The minimum atomic E-state index is -0.633. The molecule has 7 nitrogen and oxygen atoms in total. The van der Waals surface area contributed by atoms with Crippen molar-refractivity contribution < 1.29 is 14.5 Å². The summed E-state index contributed by atoms with van der Waals surface area (Å²) in [6.45, 7) is 0.981. The van der Waals surface area contributed by atoms with Crippen LogP contribution in [-0.4, -0.2) is 43.0 Å². The van der Waals surface area contributed by atoms with Crippen molar-refractivity contribution in [2.45, 2.75) is 6.42 Å². The summed E-state index contributed by atoms with van der Waals surface area (Å²) in [7, 11) is 3.16.